The molecule has 1 aliphatic carbocycles. The molecule has 2 aromatic rings. The summed E-state index contributed by atoms with van der Waals surface area (Å²) in [5.41, 5.74) is 1.58. The zero-order valence-electron chi connectivity index (χ0n) is 14.4. The first-order valence-corrected chi connectivity index (χ1v) is 10.1. The molecule has 1 aromatic carbocycles. The minimum atomic E-state index is -3.54. The van der Waals surface area contributed by atoms with Gasteiger partial charge in [0.15, 0.2) is 0 Å². The van der Waals surface area contributed by atoms with Crippen LogP contribution in [0.25, 0.3) is 0 Å². The molecule has 0 aliphatic heterocycles. The Kier molecular flexibility index (Phi) is 5.06. The number of aromatic nitrogens is 2. The number of benzene rings is 1. The van der Waals surface area contributed by atoms with Crippen LogP contribution in [0.4, 0.5) is 0 Å². The Morgan fingerprint density at radius 2 is 1.88 bits per heavy atom. The molecule has 0 unspecified atom stereocenters. The predicted octanol–water partition coefficient (Wildman–Crippen LogP) is 3.52. The van der Waals surface area contributed by atoms with E-state index in [1.54, 1.807) is 13.1 Å². The molecule has 0 saturated heterocycles. The van der Waals surface area contributed by atoms with Crippen molar-refractivity contribution in [3.63, 3.8) is 0 Å². The van der Waals surface area contributed by atoms with E-state index < -0.39 is 10.0 Å². The van der Waals surface area contributed by atoms with E-state index in [1.807, 2.05) is 41.9 Å². The molecular weight excluding hydrogens is 322 g/mol. The summed E-state index contributed by atoms with van der Waals surface area (Å²) in [4.78, 5) is 0.340. The van der Waals surface area contributed by atoms with Crippen LogP contribution in [0.15, 0.2) is 41.4 Å². The minimum absolute atomic E-state index is 0.340. The number of hydrogen-bond donors (Lipinski definition) is 0. The topological polar surface area (TPSA) is 55.2 Å². The van der Waals surface area contributed by atoms with Gasteiger partial charge >= 0.3 is 0 Å². The van der Waals surface area contributed by atoms with Crippen LogP contribution in [0.5, 0.6) is 0 Å². The maximum absolute atomic E-state index is 13.1. The summed E-state index contributed by atoms with van der Waals surface area (Å²) in [5.74, 6) is 0. The van der Waals surface area contributed by atoms with Gasteiger partial charge in [0.2, 0.25) is 10.0 Å². The van der Waals surface area contributed by atoms with E-state index in [4.69, 9.17) is 0 Å². The highest BCUT2D eigenvalue weighted by atomic mass is 32.2. The van der Waals surface area contributed by atoms with Gasteiger partial charge in [0, 0.05) is 19.3 Å². The van der Waals surface area contributed by atoms with Gasteiger partial charge in [-0.25, -0.2) is 8.42 Å². The number of nitrogens with zero attached hydrogens (tertiary/aromatic N) is 3. The van der Waals surface area contributed by atoms with Gasteiger partial charge in [-0.15, -0.1) is 0 Å². The molecule has 1 fully saturated rings. The van der Waals surface area contributed by atoms with Crippen LogP contribution in [0.1, 0.15) is 49.9 Å². The van der Waals surface area contributed by atoms with Gasteiger partial charge < -0.3 is 0 Å². The summed E-state index contributed by atoms with van der Waals surface area (Å²) in [6.07, 6.45) is 6.29. The largest absolute Gasteiger partial charge is 0.268 e. The Morgan fingerprint density at radius 3 is 2.50 bits per heavy atom. The molecule has 130 valence electrons. The Morgan fingerprint density at radius 1 is 1.21 bits per heavy atom. The minimum Gasteiger partial charge on any atom is -0.268 e. The molecule has 0 bridgehead atoms. The van der Waals surface area contributed by atoms with Crippen LogP contribution in [0.3, 0.4) is 0 Å². The van der Waals surface area contributed by atoms with Gasteiger partial charge in [-0.05, 0) is 25.3 Å². The summed E-state index contributed by atoms with van der Waals surface area (Å²) in [6.45, 7) is 4.48. The predicted molar refractivity (Wildman–Crippen MR) is 94.2 cm³/mol. The molecule has 0 amide bonds. The van der Waals surface area contributed by atoms with E-state index in [9.17, 15) is 8.42 Å². The van der Waals surface area contributed by atoms with Gasteiger partial charge in [0.1, 0.15) is 4.90 Å². The zero-order valence-corrected chi connectivity index (χ0v) is 15.2. The van der Waals surface area contributed by atoms with Crippen LogP contribution >= 0.6 is 0 Å². The van der Waals surface area contributed by atoms with Crippen LogP contribution in [0.2, 0.25) is 0 Å². The zero-order chi connectivity index (χ0) is 17.2. The fraction of sp³-hybridized carbons (Fsp3) is 0.500. The molecule has 6 heteroatoms. The van der Waals surface area contributed by atoms with Crippen molar-refractivity contribution < 1.29 is 8.42 Å². The summed E-state index contributed by atoms with van der Waals surface area (Å²) in [6, 6.07) is 10.0. The Hall–Kier alpha value is -1.66. The summed E-state index contributed by atoms with van der Waals surface area (Å²) in [7, 11) is -3.54. The second-order valence-electron chi connectivity index (χ2n) is 6.41. The molecule has 0 spiro atoms. The summed E-state index contributed by atoms with van der Waals surface area (Å²) < 4.78 is 29.6. The molecule has 5 nitrogen and oxygen atoms in total. The molecule has 3 rings (SSSR count). The maximum atomic E-state index is 13.1. The van der Waals surface area contributed by atoms with E-state index in [2.05, 4.69) is 5.10 Å². The third kappa shape index (κ3) is 3.39. The average Bonchev–Trinajstić information content (AvgIpc) is 3.22. The molecule has 1 aromatic heterocycles. The van der Waals surface area contributed by atoms with Crippen LogP contribution < -0.4 is 0 Å². The number of sulfonamides is 1. The molecule has 1 aliphatic rings. The van der Waals surface area contributed by atoms with Crippen molar-refractivity contribution >= 4 is 10.0 Å². The fourth-order valence-corrected chi connectivity index (χ4v) is 4.96. The third-order valence-electron chi connectivity index (χ3n) is 4.74. The van der Waals surface area contributed by atoms with Gasteiger partial charge in [-0.1, -0.05) is 50.1 Å². The lowest BCUT2D eigenvalue weighted by molar-refractivity contribution is 0.422. The van der Waals surface area contributed by atoms with E-state index in [0.717, 1.165) is 18.4 Å². The van der Waals surface area contributed by atoms with Crippen LogP contribution in [-0.4, -0.2) is 29.0 Å². The normalized spacial score (nSPS) is 16.1. The Labute approximate surface area is 144 Å². The lowest BCUT2D eigenvalue weighted by atomic mass is 10.2. The van der Waals surface area contributed by atoms with Crippen molar-refractivity contribution in [3.05, 3.63) is 47.8 Å². The van der Waals surface area contributed by atoms with Crippen molar-refractivity contribution in [1.82, 2.24) is 14.1 Å². The molecular formula is C18H25N3O2S. The molecule has 0 N–H and O–H groups in total. The third-order valence-corrected chi connectivity index (χ3v) is 6.77. The van der Waals surface area contributed by atoms with Gasteiger partial charge in [0.25, 0.3) is 0 Å². The van der Waals surface area contributed by atoms with Gasteiger partial charge in [-0.2, -0.15) is 9.40 Å². The van der Waals surface area contributed by atoms with E-state index in [1.165, 1.54) is 17.1 Å². The average molecular weight is 347 g/mol. The van der Waals surface area contributed by atoms with Crippen LogP contribution in [0, 0.1) is 6.92 Å². The Bertz CT molecular complexity index is 778. The Balaban J connectivity index is 1.88. The number of aryl methyl sites for hydroxylation is 1. The van der Waals surface area contributed by atoms with Crippen molar-refractivity contribution in [3.8, 4) is 0 Å². The number of hydrogen-bond acceptors (Lipinski definition) is 3. The highest BCUT2D eigenvalue weighted by Gasteiger charge is 2.29. The van der Waals surface area contributed by atoms with Gasteiger partial charge in [0.05, 0.1) is 11.7 Å². The first-order valence-electron chi connectivity index (χ1n) is 8.62. The summed E-state index contributed by atoms with van der Waals surface area (Å²) in [5, 5.41) is 4.49. The second-order valence-corrected chi connectivity index (χ2v) is 8.32. The van der Waals surface area contributed by atoms with Gasteiger partial charge in [-0.3, -0.25) is 4.68 Å². The standard InChI is InChI=1S/C18H25N3O2S/c1-3-20(13-16-9-5-4-6-10-16)24(22,23)18-14-21(19-15(18)2)17-11-7-8-12-17/h4-6,9-10,14,17H,3,7-8,11-13H2,1-2H3. The number of rotatable bonds is 6. The van der Waals surface area contributed by atoms with E-state index in [-0.39, 0.29) is 0 Å². The monoisotopic (exact) mass is 347 g/mol. The van der Waals surface area contributed by atoms with Crippen molar-refractivity contribution in [2.24, 2.45) is 0 Å². The first-order chi connectivity index (χ1) is 11.5. The lowest BCUT2D eigenvalue weighted by Gasteiger charge is -2.20. The lowest BCUT2D eigenvalue weighted by Crippen LogP contribution is -2.30. The SMILES string of the molecule is CCN(Cc1ccccc1)S(=O)(=O)c1cn(C2CCCC2)nc1C. The highest BCUT2D eigenvalue weighted by Crippen LogP contribution is 2.31. The van der Waals surface area contributed by atoms with E-state index >= 15 is 0 Å². The van der Waals surface area contributed by atoms with Crippen molar-refractivity contribution in [1.29, 1.82) is 0 Å². The highest BCUT2D eigenvalue weighted by molar-refractivity contribution is 7.89. The molecule has 0 atom stereocenters. The van der Waals surface area contributed by atoms with E-state index in [0.29, 0.717) is 29.7 Å². The second kappa shape index (κ2) is 7.07. The summed E-state index contributed by atoms with van der Waals surface area (Å²) >= 11 is 0. The van der Waals surface area contributed by atoms with Crippen molar-refractivity contribution in [2.75, 3.05) is 6.54 Å². The fourth-order valence-electron chi connectivity index (χ4n) is 3.37. The molecule has 1 heterocycles. The molecule has 0 radical (unpaired) electrons. The smallest absolute Gasteiger partial charge is 0.246 e. The quantitative estimate of drug-likeness (QED) is 0.803. The van der Waals surface area contributed by atoms with Crippen LogP contribution in [-0.2, 0) is 16.6 Å². The molecule has 24 heavy (non-hydrogen) atoms. The molecule has 1 saturated carbocycles. The maximum Gasteiger partial charge on any atom is 0.246 e. The van der Waals surface area contributed by atoms with Crippen molar-refractivity contribution in [2.45, 2.75) is 57.0 Å². The first kappa shape index (κ1) is 17.2.